The molecule has 0 fully saturated rings. The van der Waals surface area contributed by atoms with Gasteiger partial charge in [-0.1, -0.05) is 48.5 Å². The van der Waals surface area contributed by atoms with Gasteiger partial charge in [0.1, 0.15) is 5.58 Å². The van der Waals surface area contributed by atoms with Crippen LogP contribution in [-0.2, 0) is 23.9 Å². The van der Waals surface area contributed by atoms with E-state index in [0.717, 1.165) is 28.3 Å². The minimum absolute atomic E-state index is 0.180. The van der Waals surface area contributed by atoms with Crippen LogP contribution in [0.5, 0.6) is 0 Å². The first kappa shape index (κ1) is 25.9. The molecule has 188 valence electrons. The molecule has 3 aromatic carbocycles. The summed E-state index contributed by atoms with van der Waals surface area (Å²) in [6.45, 7) is 4.75. The van der Waals surface area contributed by atoms with Crippen LogP contribution in [-0.4, -0.2) is 23.4 Å². The lowest BCUT2D eigenvalue weighted by Crippen LogP contribution is -2.19. The Labute approximate surface area is 212 Å². The molecule has 0 unspecified atom stereocenters. The Bertz CT molecular complexity index is 1340. The van der Waals surface area contributed by atoms with Crippen molar-refractivity contribution < 1.29 is 27.1 Å². The zero-order chi connectivity index (χ0) is 25.7. The van der Waals surface area contributed by atoms with Gasteiger partial charge in [-0.3, -0.25) is 0 Å². The van der Waals surface area contributed by atoms with Gasteiger partial charge in [-0.15, -0.1) is 0 Å². The fourth-order valence-corrected chi connectivity index (χ4v) is 4.90. The number of fused-ring (bicyclic) bond motifs is 1. The second-order valence-corrected chi connectivity index (χ2v) is 9.49. The van der Waals surface area contributed by atoms with Crippen molar-refractivity contribution >= 4 is 28.9 Å². The van der Waals surface area contributed by atoms with E-state index in [1.54, 1.807) is 19.1 Å². The van der Waals surface area contributed by atoms with Crippen LogP contribution < -0.4 is 0 Å². The van der Waals surface area contributed by atoms with E-state index in [0.29, 0.717) is 29.8 Å². The predicted octanol–water partition coefficient (Wildman–Crippen LogP) is 7.69. The van der Waals surface area contributed by atoms with Gasteiger partial charge in [0.05, 0.1) is 12.2 Å². The number of rotatable bonds is 9. The Balaban J connectivity index is 1.59. The molecule has 0 spiro atoms. The number of esters is 1. The van der Waals surface area contributed by atoms with Crippen LogP contribution in [0.4, 0.5) is 13.2 Å². The Morgan fingerprint density at radius 3 is 2.47 bits per heavy atom. The van der Waals surface area contributed by atoms with Crippen LogP contribution in [0, 0.1) is 6.92 Å². The third-order valence-corrected chi connectivity index (χ3v) is 6.74. The summed E-state index contributed by atoms with van der Waals surface area (Å²) in [5.74, 6) is -0.326. The van der Waals surface area contributed by atoms with Crippen molar-refractivity contribution in [3.05, 3.63) is 101 Å². The van der Waals surface area contributed by atoms with Crippen LogP contribution >= 0.6 is 11.9 Å². The summed E-state index contributed by atoms with van der Waals surface area (Å²) < 4.78 is 52.6. The van der Waals surface area contributed by atoms with Gasteiger partial charge in [0.15, 0.2) is 0 Å². The lowest BCUT2D eigenvalue weighted by Gasteiger charge is -2.22. The summed E-state index contributed by atoms with van der Waals surface area (Å²) in [6.07, 6.45) is -3.65. The highest BCUT2D eigenvalue weighted by Crippen LogP contribution is 2.34. The van der Waals surface area contributed by atoms with Crippen LogP contribution in [0.1, 0.15) is 39.7 Å². The standard InChI is InChI=1S/C28H26F3NO3S/c1-3-34-27(33)26-19(2)24-17-23(12-13-25(24)35-26)36-32(15-14-20-8-5-4-6-9-20)18-21-10-7-11-22(16-21)28(29,30)31/h4-13,16-17H,3,14-15,18H2,1-2H3. The van der Waals surface area contributed by atoms with Crippen LogP contribution in [0.15, 0.2) is 82.1 Å². The number of ether oxygens (including phenoxy) is 1. The molecular weight excluding hydrogens is 487 g/mol. The van der Waals surface area contributed by atoms with Gasteiger partial charge < -0.3 is 9.15 Å². The van der Waals surface area contributed by atoms with Crippen molar-refractivity contribution in [1.82, 2.24) is 4.31 Å². The maximum atomic E-state index is 13.3. The smallest absolute Gasteiger partial charge is 0.416 e. The SMILES string of the molecule is CCOC(=O)c1oc2ccc(SN(CCc3ccccc3)Cc3cccc(C(F)(F)F)c3)cc2c1C. The zero-order valence-corrected chi connectivity index (χ0v) is 20.8. The summed E-state index contributed by atoms with van der Waals surface area (Å²) in [7, 11) is 0. The van der Waals surface area contributed by atoms with Gasteiger partial charge in [0.25, 0.3) is 0 Å². The van der Waals surface area contributed by atoms with Crippen molar-refractivity contribution in [3.63, 3.8) is 0 Å². The number of hydrogen-bond donors (Lipinski definition) is 0. The van der Waals surface area contributed by atoms with E-state index in [9.17, 15) is 18.0 Å². The summed E-state index contributed by atoms with van der Waals surface area (Å²) in [5, 5.41) is 0.796. The minimum atomic E-state index is -4.39. The fourth-order valence-electron chi connectivity index (χ4n) is 3.90. The van der Waals surface area contributed by atoms with Crippen molar-refractivity contribution in [2.75, 3.05) is 13.2 Å². The predicted molar refractivity (Wildman–Crippen MR) is 135 cm³/mol. The number of carbonyl (C=O) groups is 1. The number of aryl methyl sites for hydroxylation is 1. The molecule has 36 heavy (non-hydrogen) atoms. The number of carbonyl (C=O) groups excluding carboxylic acids is 1. The molecule has 0 aliphatic heterocycles. The first-order chi connectivity index (χ1) is 17.2. The number of halogens is 3. The molecule has 0 radical (unpaired) electrons. The normalized spacial score (nSPS) is 11.8. The number of hydrogen-bond acceptors (Lipinski definition) is 5. The molecule has 4 rings (SSSR count). The van der Waals surface area contributed by atoms with Crippen LogP contribution in [0.3, 0.4) is 0 Å². The molecule has 4 nitrogen and oxygen atoms in total. The highest BCUT2D eigenvalue weighted by Gasteiger charge is 2.30. The molecule has 0 saturated carbocycles. The first-order valence-electron chi connectivity index (χ1n) is 11.6. The Morgan fingerprint density at radius 1 is 1.00 bits per heavy atom. The van der Waals surface area contributed by atoms with Crippen LogP contribution in [0.25, 0.3) is 11.0 Å². The van der Waals surface area contributed by atoms with Crippen molar-refractivity contribution in [1.29, 1.82) is 0 Å². The molecule has 4 aromatic rings. The maximum Gasteiger partial charge on any atom is 0.416 e. The Morgan fingerprint density at radius 2 is 1.75 bits per heavy atom. The van der Waals surface area contributed by atoms with Gasteiger partial charge in [-0.25, -0.2) is 9.10 Å². The van der Waals surface area contributed by atoms with E-state index in [-0.39, 0.29) is 12.4 Å². The van der Waals surface area contributed by atoms with E-state index in [2.05, 4.69) is 0 Å². The second-order valence-electron chi connectivity index (χ2n) is 8.32. The average Bonchev–Trinajstić information content (AvgIpc) is 3.19. The second kappa shape index (κ2) is 11.2. The van der Waals surface area contributed by atoms with Gasteiger partial charge in [-0.05, 0) is 67.6 Å². The Kier molecular flexibility index (Phi) is 8.06. The highest BCUT2D eigenvalue weighted by molar-refractivity contribution is 7.97. The monoisotopic (exact) mass is 513 g/mol. The van der Waals surface area contributed by atoms with E-state index < -0.39 is 17.7 Å². The molecule has 0 N–H and O–H groups in total. The van der Waals surface area contributed by atoms with Gasteiger partial charge in [0.2, 0.25) is 5.76 Å². The summed E-state index contributed by atoms with van der Waals surface area (Å²) in [6, 6.07) is 21.0. The lowest BCUT2D eigenvalue weighted by molar-refractivity contribution is -0.137. The third-order valence-electron chi connectivity index (χ3n) is 5.71. The average molecular weight is 514 g/mol. The topological polar surface area (TPSA) is 42.7 Å². The number of nitrogens with zero attached hydrogens (tertiary/aromatic N) is 1. The maximum absolute atomic E-state index is 13.3. The molecule has 0 amide bonds. The molecule has 1 aromatic heterocycles. The molecule has 0 aliphatic carbocycles. The third kappa shape index (κ3) is 6.30. The molecule has 0 saturated heterocycles. The lowest BCUT2D eigenvalue weighted by atomic mass is 10.1. The summed E-state index contributed by atoms with van der Waals surface area (Å²) >= 11 is 1.46. The van der Waals surface area contributed by atoms with E-state index in [1.165, 1.54) is 24.1 Å². The summed E-state index contributed by atoms with van der Waals surface area (Å²) in [5.41, 5.74) is 2.34. The number of furan rings is 1. The first-order valence-corrected chi connectivity index (χ1v) is 12.3. The number of alkyl halides is 3. The summed E-state index contributed by atoms with van der Waals surface area (Å²) in [4.78, 5) is 13.1. The Hall–Kier alpha value is -3.23. The van der Waals surface area contributed by atoms with Gasteiger partial charge in [0, 0.05) is 28.9 Å². The molecule has 1 heterocycles. The van der Waals surface area contributed by atoms with Crippen LogP contribution in [0.2, 0.25) is 0 Å². The van der Waals surface area contributed by atoms with Gasteiger partial charge >= 0.3 is 12.1 Å². The largest absolute Gasteiger partial charge is 0.460 e. The molecule has 0 bridgehead atoms. The van der Waals surface area contributed by atoms with E-state index >= 15 is 0 Å². The zero-order valence-electron chi connectivity index (χ0n) is 20.0. The minimum Gasteiger partial charge on any atom is -0.460 e. The quantitative estimate of drug-likeness (QED) is 0.170. The molecule has 8 heteroatoms. The van der Waals surface area contributed by atoms with E-state index in [4.69, 9.17) is 9.15 Å². The molecule has 0 aliphatic rings. The van der Waals surface area contributed by atoms with Crippen molar-refractivity contribution in [2.45, 2.75) is 37.9 Å². The highest BCUT2D eigenvalue weighted by atomic mass is 32.2. The van der Waals surface area contributed by atoms with Crippen molar-refractivity contribution in [3.8, 4) is 0 Å². The van der Waals surface area contributed by atoms with Crippen molar-refractivity contribution in [2.24, 2.45) is 0 Å². The van der Waals surface area contributed by atoms with E-state index in [1.807, 2.05) is 53.7 Å². The fraction of sp³-hybridized carbons (Fsp3) is 0.250. The van der Waals surface area contributed by atoms with Gasteiger partial charge in [-0.2, -0.15) is 13.2 Å². The molecular formula is C28H26F3NO3S. The molecule has 0 atom stereocenters. The number of benzene rings is 3.